The highest BCUT2D eigenvalue weighted by Crippen LogP contribution is 2.22. The van der Waals surface area contributed by atoms with Crippen LogP contribution in [0, 0.1) is 0 Å². The standard InChI is InChI=1S/C9H10BrN3O/c1-14-8-4-2-7(3-5-8)9(6-10)12-13-11/h2-5,9H,6H2,1H3/t9-/m0/s1. The molecule has 4 nitrogen and oxygen atoms in total. The van der Waals surface area contributed by atoms with Crippen molar-refractivity contribution in [1.29, 1.82) is 0 Å². The van der Waals surface area contributed by atoms with E-state index in [-0.39, 0.29) is 6.04 Å². The molecule has 14 heavy (non-hydrogen) atoms. The van der Waals surface area contributed by atoms with E-state index in [0.29, 0.717) is 5.33 Å². The zero-order chi connectivity index (χ0) is 10.4. The number of benzene rings is 1. The van der Waals surface area contributed by atoms with Gasteiger partial charge < -0.3 is 4.74 Å². The number of nitrogens with zero attached hydrogens (tertiary/aromatic N) is 3. The van der Waals surface area contributed by atoms with Crippen molar-refractivity contribution >= 4 is 15.9 Å². The summed E-state index contributed by atoms with van der Waals surface area (Å²) in [6, 6.07) is 7.31. The van der Waals surface area contributed by atoms with Crippen LogP contribution in [0.25, 0.3) is 10.4 Å². The summed E-state index contributed by atoms with van der Waals surface area (Å²) in [4.78, 5) is 2.79. The highest BCUT2D eigenvalue weighted by molar-refractivity contribution is 9.09. The zero-order valence-electron chi connectivity index (χ0n) is 7.72. The molecule has 0 heterocycles. The third kappa shape index (κ3) is 2.65. The van der Waals surface area contributed by atoms with E-state index in [9.17, 15) is 0 Å². The second kappa shape index (κ2) is 5.52. The fourth-order valence-electron chi connectivity index (χ4n) is 1.08. The van der Waals surface area contributed by atoms with Crippen molar-refractivity contribution in [2.24, 2.45) is 5.11 Å². The topological polar surface area (TPSA) is 58.0 Å². The number of methoxy groups -OCH3 is 1. The van der Waals surface area contributed by atoms with Crippen molar-refractivity contribution in [3.05, 3.63) is 40.3 Å². The smallest absolute Gasteiger partial charge is 0.118 e. The van der Waals surface area contributed by atoms with Crippen LogP contribution in [-0.4, -0.2) is 12.4 Å². The van der Waals surface area contributed by atoms with Crippen LogP contribution < -0.4 is 4.74 Å². The largest absolute Gasteiger partial charge is 0.497 e. The maximum Gasteiger partial charge on any atom is 0.118 e. The third-order valence-corrected chi connectivity index (χ3v) is 2.45. The van der Waals surface area contributed by atoms with Gasteiger partial charge in [-0.05, 0) is 23.2 Å². The molecule has 0 saturated carbocycles. The predicted octanol–water partition coefficient (Wildman–Crippen LogP) is 3.44. The van der Waals surface area contributed by atoms with Gasteiger partial charge in [0.2, 0.25) is 0 Å². The molecule has 0 aromatic heterocycles. The molecule has 0 amide bonds. The molecule has 0 aliphatic heterocycles. The Kier molecular flexibility index (Phi) is 4.29. The van der Waals surface area contributed by atoms with E-state index in [1.165, 1.54) is 0 Å². The van der Waals surface area contributed by atoms with Gasteiger partial charge in [0.15, 0.2) is 0 Å². The minimum Gasteiger partial charge on any atom is -0.497 e. The maximum atomic E-state index is 8.34. The van der Waals surface area contributed by atoms with Crippen LogP contribution >= 0.6 is 15.9 Å². The van der Waals surface area contributed by atoms with Crippen LogP contribution in [-0.2, 0) is 0 Å². The van der Waals surface area contributed by atoms with Crippen molar-refractivity contribution in [3.8, 4) is 5.75 Å². The first-order valence-corrected chi connectivity index (χ1v) is 5.18. The lowest BCUT2D eigenvalue weighted by Gasteiger charge is -2.07. The lowest BCUT2D eigenvalue weighted by molar-refractivity contribution is 0.414. The molecular formula is C9H10BrN3O. The molecule has 0 spiro atoms. The van der Waals surface area contributed by atoms with E-state index in [4.69, 9.17) is 10.3 Å². The molecule has 1 aromatic rings. The van der Waals surface area contributed by atoms with Gasteiger partial charge in [0, 0.05) is 10.2 Å². The van der Waals surface area contributed by atoms with Crippen LogP contribution in [0.5, 0.6) is 5.75 Å². The number of hydrogen-bond donors (Lipinski definition) is 0. The average molecular weight is 256 g/mol. The summed E-state index contributed by atoms with van der Waals surface area (Å²) in [5.74, 6) is 0.794. The Morgan fingerprint density at radius 1 is 1.50 bits per heavy atom. The predicted molar refractivity (Wildman–Crippen MR) is 58.7 cm³/mol. The SMILES string of the molecule is COc1ccc([C@H](CBr)N=[N+]=[N-])cc1. The molecule has 0 fully saturated rings. The van der Waals surface area contributed by atoms with Crippen molar-refractivity contribution in [1.82, 2.24) is 0 Å². The molecule has 0 aliphatic carbocycles. The summed E-state index contributed by atoms with van der Waals surface area (Å²) in [5.41, 5.74) is 9.32. The second-order valence-corrected chi connectivity index (χ2v) is 3.30. The molecule has 5 heteroatoms. The molecule has 0 bridgehead atoms. The van der Waals surface area contributed by atoms with E-state index in [1.54, 1.807) is 7.11 Å². The normalized spacial score (nSPS) is 11.6. The van der Waals surface area contributed by atoms with E-state index in [2.05, 4.69) is 26.0 Å². The Labute approximate surface area is 90.6 Å². The number of hydrogen-bond acceptors (Lipinski definition) is 2. The van der Waals surface area contributed by atoms with Crippen LogP contribution in [0.3, 0.4) is 0 Å². The molecular weight excluding hydrogens is 246 g/mol. The van der Waals surface area contributed by atoms with Crippen molar-refractivity contribution < 1.29 is 4.74 Å². The van der Waals surface area contributed by atoms with E-state index in [1.807, 2.05) is 24.3 Å². The Balaban J connectivity index is 2.88. The Morgan fingerprint density at radius 3 is 2.57 bits per heavy atom. The molecule has 1 aromatic carbocycles. The first kappa shape index (κ1) is 10.9. The number of halogens is 1. The number of azide groups is 1. The molecule has 0 radical (unpaired) electrons. The second-order valence-electron chi connectivity index (χ2n) is 2.65. The molecule has 0 saturated heterocycles. The van der Waals surface area contributed by atoms with E-state index < -0.39 is 0 Å². The highest BCUT2D eigenvalue weighted by Gasteiger charge is 2.06. The minimum atomic E-state index is -0.161. The average Bonchev–Trinajstić information content (AvgIpc) is 2.26. The molecule has 0 unspecified atom stereocenters. The number of ether oxygens (including phenoxy) is 1. The Hall–Kier alpha value is -1.19. The van der Waals surface area contributed by atoms with Crippen molar-refractivity contribution in [2.45, 2.75) is 6.04 Å². The molecule has 0 aliphatic rings. The summed E-state index contributed by atoms with van der Waals surface area (Å²) in [6.45, 7) is 0. The number of rotatable bonds is 4. The van der Waals surface area contributed by atoms with Gasteiger partial charge in [0.25, 0.3) is 0 Å². The van der Waals surface area contributed by atoms with Crippen LogP contribution in [0.2, 0.25) is 0 Å². The van der Waals surface area contributed by atoms with Gasteiger partial charge in [-0.25, -0.2) is 0 Å². The van der Waals surface area contributed by atoms with Crippen LogP contribution in [0.4, 0.5) is 0 Å². The van der Waals surface area contributed by atoms with Gasteiger partial charge in [-0.1, -0.05) is 33.2 Å². The minimum absolute atomic E-state index is 0.161. The first-order chi connectivity index (χ1) is 6.81. The summed E-state index contributed by atoms with van der Waals surface area (Å²) in [6.07, 6.45) is 0. The van der Waals surface area contributed by atoms with Crippen molar-refractivity contribution in [2.75, 3.05) is 12.4 Å². The summed E-state index contributed by atoms with van der Waals surface area (Å²) in [7, 11) is 1.62. The zero-order valence-corrected chi connectivity index (χ0v) is 9.31. The molecule has 1 atom stereocenters. The first-order valence-electron chi connectivity index (χ1n) is 4.06. The fraction of sp³-hybridized carbons (Fsp3) is 0.333. The monoisotopic (exact) mass is 255 g/mol. The van der Waals surface area contributed by atoms with Gasteiger partial charge in [0.1, 0.15) is 5.75 Å². The van der Waals surface area contributed by atoms with Gasteiger partial charge in [-0.3, -0.25) is 0 Å². The molecule has 74 valence electrons. The molecule has 1 rings (SSSR count). The summed E-state index contributed by atoms with van der Waals surface area (Å²) >= 11 is 3.29. The van der Waals surface area contributed by atoms with E-state index >= 15 is 0 Å². The Bertz CT molecular complexity index is 332. The van der Waals surface area contributed by atoms with Gasteiger partial charge in [-0.2, -0.15) is 0 Å². The van der Waals surface area contributed by atoms with Gasteiger partial charge in [0.05, 0.1) is 13.2 Å². The summed E-state index contributed by atoms with van der Waals surface area (Å²) < 4.78 is 5.03. The van der Waals surface area contributed by atoms with Crippen molar-refractivity contribution in [3.63, 3.8) is 0 Å². The summed E-state index contributed by atoms with van der Waals surface area (Å²) in [5, 5.41) is 4.28. The van der Waals surface area contributed by atoms with Gasteiger partial charge in [-0.15, -0.1) is 0 Å². The maximum absolute atomic E-state index is 8.34. The van der Waals surface area contributed by atoms with Crippen LogP contribution in [0.1, 0.15) is 11.6 Å². The third-order valence-electron chi connectivity index (χ3n) is 1.84. The lowest BCUT2D eigenvalue weighted by Crippen LogP contribution is -1.95. The Morgan fingerprint density at radius 2 is 2.14 bits per heavy atom. The number of alkyl halides is 1. The van der Waals surface area contributed by atoms with E-state index in [0.717, 1.165) is 11.3 Å². The highest BCUT2D eigenvalue weighted by atomic mass is 79.9. The van der Waals surface area contributed by atoms with Gasteiger partial charge >= 0.3 is 0 Å². The van der Waals surface area contributed by atoms with Crippen LogP contribution in [0.15, 0.2) is 29.4 Å². The fourth-order valence-corrected chi connectivity index (χ4v) is 1.58. The lowest BCUT2D eigenvalue weighted by atomic mass is 10.1. The molecule has 0 N–H and O–H groups in total. The quantitative estimate of drug-likeness (QED) is 0.352.